The van der Waals surface area contributed by atoms with Crippen molar-refractivity contribution in [1.82, 2.24) is 5.32 Å². The minimum absolute atomic E-state index is 0.510. The lowest BCUT2D eigenvalue weighted by molar-refractivity contribution is 0.306. The summed E-state index contributed by atoms with van der Waals surface area (Å²) < 4.78 is 5.72. The molecule has 1 aliphatic carbocycles. The molecule has 3 rings (SSSR count). The van der Waals surface area contributed by atoms with E-state index >= 15 is 0 Å². The van der Waals surface area contributed by atoms with Crippen molar-refractivity contribution in [2.75, 3.05) is 0 Å². The molecule has 2 aromatic carbocycles. The molecule has 0 heterocycles. The maximum Gasteiger partial charge on any atom is 0.121 e. The Morgan fingerprint density at radius 3 is 2.33 bits per heavy atom. The molecule has 1 N–H and O–H groups in total. The Labute approximate surface area is 135 Å². The molecule has 2 nitrogen and oxygen atoms in total. The summed E-state index contributed by atoms with van der Waals surface area (Å²) >= 11 is 11.8. The first-order valence-electron chi connectivity index (χ1n) is 7.10. The average Bonchev–Trinajstić information content (AvgIpc) is 3.32. The molecule has 4 heteroatoms. The third-order valence-corrected chi connectivity index (χ3v) is 4.23. The van der Waals surface area contributed by atoms with Gasteiger partial charge in [-0.05, 0) is 36.1 Å². The van der Waals surface area contributed by atoms with E-state index in [0.29, 0.717) is 16.7 Å². The summed E-state index contributed by atoms with van der Waals surface area (Å²) in [6, 6.07) is 14.5. The SMILES string of the molecule is Clc1ccc(OCc2ccc(CNC3CC3)cc2)cc1Cl. The van der Waals surface area contributed by atoms with E-state index in [4.69, 9.17) is 27.9 Å². The first-order valence-corrected chi connectivity index (χ1v) is 7.85. The van der Waals surface area contributed by atoms with Gasteiger partial charge in [-0.1, -0.05) is 47.5 Å². The second-order valence-electron chi connectivity index (χ2n) is 5.34. The van der Waals surface area contributed by atoms with Crippen LogP contribution in [0.15, 0.2) is 42.5 Å². The molecule has 1 fully saturated rings. The number of benzene rings is 2. The number of ether oxygens (including phenoxy) is 1. The van der Waals surface area contributed by atoms with Gasteiger partial charge in [0, 0.05) is 18.7 Å². The number of hydrogen-bond donors (Lipinski definition) is 1. The summed E-state index contributed by atoms with van der Waals surface area (Å²) in [5.74, 6) is 0.726. The second-order valence-corrected chi connectivity index (χ2v) is 6.15. The molecule has 0 unspecified atom stereocenters. The van der Waals surface area contributed by atoms with E-state index in [1.165, 1.54) is 18.4 Å². The van der Waals surface area contributed by atoms with Crippen LogP contribution in [-0.2, 0) is 13.2 Å². The van der Waals surface area contributed by atoms with Crippen LogP contribution >= 0.6 is 23.2 Å². The van der Waals surface area contributed by atoms with Gasteiger partial charge in [-0.25, -0.2) is 0 Å². The highest BCUT2D eigenvalue weighted by molar-refractivity contribution is 6.42. The lowest BCUT2D eigenvalue weighted by Gasteiger charge is -2.08. The summed E-state index contributed by atoms with van der Waals surface area (Å²) in [6.07, 6.45) is 2.63. The molecule has 1 saturated carbocycles. The topological polar surface area (TPSA) is 21.3 Å². The van der Waals surface area contributed by atoms with Crippen LogP contribution in [0.5, 0.6) is 5.75 Å². The molecular weight excluding hydrogens is 305 g/mol. The highest BCUT2D eigenvalue weighted by Crippen LogP contribution is 2.26. The van der Waals surface area contributed by atoms with Crippen molar-refractivity contribution in [1.29, 1.82) is 0 Å². The van der Waals surface area contributed by atoms with Crippen molar-refractivity contribution in [3.63, 3.8) is 0 Å². The third-order valence-electron chi connectivity index (χ3n) is 3.49. The summed E-state index contributed by atoms with van der Waals surface area (Å²) in [5, 5.41) is 4.55. The number of hydrogen-bond acceptors (Lipinski definition) is 2. The second kappa shape index (κ2) is 6.69. The van der Waals surface area contributed by atoms with E-state index in [1.54, 1.807) is 12.1 Å². The number of rotatable bonds is 6. The van der Waals surface area contributed by atoms with Crippen LogP contribution in [-0.4, -0.2) is 6.04 Å². The maximum atomic E-state index is 5.96. The van der Waals surface area contributed by atoms with Gasteiger partial charge in [0.1, 0.15) is 12.4 Å². The standard InChI is InChI=1S/C17H17Cl2NO/c18-16-8-7-15(9-17(16)19)21-11-13-3-1-12(2-4-13)10-20-14-5-6-14/h1-4,7-9,14,20H,5-6,10-11H2. The predicted octanol–water partition coefficient (Wildman–Crippen LogP) is 4.82. The van der Waals surface area contributed by atoms with Gasteiger partial charge in [-0.2, -0.15) is 0 Å². The summed E-state index contributed by atoms with van der Waals surface area (Å²) in [6.45, 7) is 1.47. The molecular formula is C17H17Cl2NO. The molecule has 110 valence electrons. The van der Waals surface area contributed by atoms with Crippen molar-refractivity contribution >= 4 is 23.2 Å². The van der Waals surface area contributed by atoms with Gasteiger partial charge in [0.05, 0.1) is 10.0 Å². The van der Waals surface area contributed by atoms with E-state index < -0.39 is 0 Å². The monoisotopic (exact) mass is 321 g/mol. The van der Waals surface area contributed by atoms with Crippen LogP contribution in [0.4, 0.5) is 0 Å². The molecule has 0 aliphatic heterocycles. The van der Waals surface area contributed by atoms with E-state index in [0.717, 1.165) is 23.9 Å². The fraction of sp³-hybridized carbons (Fsp3) is 0.294. The largest absolute Gasteiger partial charge is 0.489 e. The zero-order valence-electron chi connectivity index (χ0n) is 11.6. The molecule has 21 heavy (non-hydrogen) atoms. The minimum Gasteiger partial charge on any atom is -0.489 e. The van der Waals surface area contributed by atoms with E-state index in [2.05, 4.69) is 29.6 Å². The van der Waals surface area contributed by atoms with Crippen molar-refractivity contribution in [3.05, 3.63) is 63.6 Å². The molecule has 0 atom stereocenters. The van der Waals surface area contributed by atoms with Gasteiger partial charge in [0.25, 0.3) is 0 Å². The van der Waals surface area contributed by atoms with Gasteiger partial charge in [-0.15, -0.1) is 0 Å². The quantitative estimate of drug-likeness (QED) is 0.823. The predicted molar refractivity (Wildman–Crippen MR) is 87.1 cm³/mol. The Balaban J connectivity index is 1.53. The number of nitrogens with one attached hydrogen (secondary N) is 1. The Hall–Kier alpha value is -1.22. The van der Waals surface area contributed by atoms with Crippen LogP contribution in [0.1, 0.15) is 24.0 Å². The smallest absolute Gasteiger partial charge is 0.121 e. The zero-order valence-corrected chi connectivity index (χ0v) is 13.1. The van der Waals surface area contributed by atoms with Crippen LogP contribution in [0, 0.1) is 0 Å². The lowest BCUT2D eigenvalue weighted by atomic mass is 10.1. The molecule has 0 aromatic heterocycles. The van der Waals surface area contributed by atoms with Crippen molar-refractivity contribution in [2.45, 2.75) is 32.0 Å². The summed E-state index contributed by atoms with van der Waals surface area (Å²) in [4.78, 5) is 0. The Bertz CT molecular complexity index is 609. The molecule has 0 radical (unpaired) electrons. The average molecular weight is 322 g/mol. The van der Waals surface area contributed by atoms with Gasteiger partial charge in [0.2, 0.25) is 0 Å². The normalized spacial score (nSPS) is 14.2. The molecule has 0 bridgehead atoms. The first kappa shape index (κ1) is 14.7. The summed E-state index contributed by atoms with van der Waals surface area (Å²) in [7, 11) is 0. The van der Waals surface area contributed by atoms with Crippen LogP contribution in [0.2, 0.25) is 10.0 Å². The Morgan fingerprint density at radius 2 is 1.67 bits per heavy atom. The van der Waals surface area contributed by atoms with Gasteiger partial charge < -0.3 is 10.1 Å². The molecule has 2 aromatic rings. The van der Waals surface area contributed by atoms with Crippen LogP contribution < -0.4 is 10.1 Å². The van der Waals surface area contributed by atoms with Gasteiger partial charge >= 0.3 is 0 Å². The fourth-order valence-corrected chi connectivity index (χ4v) is 2.32. The third kappa shape index (κ3) is 4.37. The Kier molecular flexibility index (Phi) is 4.69. The molecule has 0 spiro atoms. The van der Waals surface area contributed by atoms with E-state index in [1.807, 2.05) is 6.07 Å². The van der Waals surface area contributed by atoms with Crippen LogP contribution in [0.3, 0.4) is 0 Å². The van der Waals surface area contributed by atoms with E-state index in [-0.39, 0.29) is 0 Å². The number of halogens is 2. The van der Waals surface area contributed by atoms with Crippen molar-refractivity contribution in [3.8, 4) is 5.75 Å². The first-order chi connectivity index (χ1) is 10.2. The fourth-order valence-electron chi connectivity index (χ4n) is 2.04. The molecule has 1 aliphatic rings. The molecule has 0 amide bonds. The van der Waals surface area contributed by atoms with Gasteiger partial charge in [0.15, 0.2) is 0 Å². The van der Waals surface area contributed by atoms with Crippen molar-refractivity contribution in [2.24, 2.45) is 0 Å². The highest BCUT2D eigenvalue weighted by Gasteiger charge is 2.19. The van der Waals surface area contributed by atoms with Gasteiger partial charge in [-0.3, -0.25) is 0 Å². The highest BCUT2D eigenvalue weighted by atomic mass is 35.5. The lowest BCUT2D eigenvalue weighted by Crippen LogP contribution is -2.15. The maximum absolute atomic E-state index is 5.96. The summed E-state index contributed by atoms with van der Waals surface area (Å²) in [5.41, 5.74) is 2.44. The van der Waals surface area contributed by atoms with Crippen LogP contribution in [0.25, 0.3) is 0 Å². The minimum atomic E-state index is 0.510. The van der Waals surface area contributed by atoms with E-state index in [9.17, 15) is 0 Å². The van der Waals surface area contributed by atoms with Crippen molar-refractivity contribution < 1.29 is 4.74 Å². The zero-order chi connectivity index (χ0) is 14.7. The Morgan fingerprint density at radius 1 is 0.952 bits per heavy atom. The molecule has 0 saturated heterocycles.